The number of hydrogen-bond acceptors (Lipinski definition) is 3. The van der Waals surface area contributed by atoms with E-state index in [1.807, 2.05) is 13.0 Å². The van der Waals surface area contributed by atoms with Crippen molar-refractivity contribution >= 4 is 5.91 Å². The molecule has 1 aromatic rings. The quantitative estimate of drug-likeness (QED) is 0.729. The summed E-state index contributed by atoms with van der Waals surface area (Å²) in [6, 6.07) is 1.99. The molecule has 0 spiro atoms. The van der Waals surface area contributed by atoms with E-state index in [-0.39, 0.29) is 11.9 Å². The fourth-order valence-corrected chi connectivity index (χ4v) is 1.83. The van der Waals surface area contributed by atoms with Gasteiger partial charge in [-0.1, -0.05) is 0 Å². The second kappa shape index (κ2) is 3.98. The van der Waals surface area contributed by atoms with Crippen LogP contribution in [0.2, 0.25) is 0 Å². The normalized spacial score (nSPS) is 20.7. The molecule has 0 bridgehead atoms. The van der Waals surface area contributed by atoms with Gasteiger partial charge in [-0.25, -0.2) is 0 Å². The summed E-state index contributed by atoms with van der Waals surface area (Å²) in [7, 11) is 0. The van der Waals surface area contributed by atoms with Gasteiger partial charge >= 0.3 is 0 Å². The van der Waals surface area contributed by atoms with Crippen LogP contribution in [0.3, 0.4) is 0 Å². The average Bonchev–Trinajstić information content (AvgIpc) is 2.64. The van der Waals surface area contributed by atoms with Crippen LogP contribution in [0.1, 0.15) is 22.3 Å². The molecular weight excluding hydrogens is 190 g/mol. The Morgan fingerprint density at radius 3 is 3.00 bits per heavy atom. The lowest BCUT2D eigenvalue weighted by molar-refractivity contribution is 0.0790. The summed E-state index contributed by atoms with van der Waals surface area (Å²) in [5.74, 6) is 0.0409. The lowest BCUT2D eigenvalue weighted by atomic mass is 10.2. The highest BCUT2D eigenvalue weighted by molar-refractivity contribution is 5.94. The highest BCUT2D eigenvalue weighted by Crippen LogP contribution is 2.12. The van der Waals surface area contributed by atoms with Crippen LogP contribution < -0.4 is 5.73 Å². The van der Waals surface area contributed by atoms with Gasteiger partial charge in [0.05, 0.1) is 5.56 Å². The van der Waals surface area contributed by atoms with Gasteiger partial charge in [0.25, 0.3) is 5.91 Å². The minimum Gasteiger partial charge on any atom is -0.337 e. The van der Waals surface area contributed by atoms with Gasteiger partial charge in [0, 0.05) is 31.5 Å². The first-order valence-electron chi connectivity index (χ1n) is 5.13. The van der Waals surface area contributed by atoms with E-state index >= 15 is 0 Å². The lowest BCUT2D eigenvalue weighted by Crippen LogP contribution is -2.31. The molecule has 1 aromatic heterocycles. The highest BCUT2D eigenvalue weighted by atomic mass is 16.2. The Kier molecular flexibility index (Phi) is 2.68. The molecule has 1 aliphatic rings. The molecule has 1 saturated heterocycles. The van der Waals surface area contributed by atoms with Gasteiger partial charge in [0.1, 0.15) is 0 Å². The van der Waals surface area contributed by atoms with Crippen molar-refractivity contribution in [2.24, 2.45) is 5.73 Å². The molecule has 1 unspecified atom stereocenters. The van der Waals surface area contributed by atoms with Crippen molar-refractivity contribution < 1.29 is 4.79 Å². The van der Waals surface area contributed by atoms with Gasteiger partial charge < -0.3 is 10.6 Å². The van der Waals surface area contributed by atoms with Gasteiger partial charge in [0.15, 0.2) is 0 Å². The average molecular weight is 205 g/mol. The number of hydrogen-bond donors (Lipinski definition) is 1. The van der Waals surface area contributed by atoms with Crippen LogP contribution in [-0.4, -0.2) is 34.9 Å². The zero-order valence-corrected chi connectivity index (χ0v) is 8.81. The second-order valence-corrected chi connectivity index (χ2v) is 4.05. The van der Waals surface area contributed by atoms with Crippen molar-refractivity contribution in [1.82, 2.24) is 9.88 Å². The van der Waals surface area contributed by atoms with Crippen molar-refractivity contribution in [3.63, 3.8) is 0 Å². The summed E-state index contributed by atoms with van der Waals surface area (Å²) >= 11 is 0. The van der Waals surface area contributed by atoms with E-state index in [4.69, 9.17) is 5.73 Å². The zero-order chi connectivity index (χ0) is 10.8. The van der Waals surface area contributed by atoms with E-state index in [2.05, 4.69) is 4.98 Å². The number of nitrogens with two attached hydrogens (primary N) is 1. The van der Waals surface area contributed by atoms with Crippen LogP contribution in [0, 0.1) is 6.92 Å². The smallest absolute Gasteiger partial charge is 0.255 e. The third-order valence-corrected chi connectivity index (χ3v) is 2.63. The van der Waals surface area contributed by atoms with E-state index in [1.165, 1.54) is 0 Å². The van der Waals surface area contributed by atoms with E-state index in [0.29, 0.717) is 12.1 Å². The topological polar surface area (TPSA) is 59.2 Å². The van der Waals surface area contributed by atoms with Crippen LogP contribution in [0.5, 0.6) is 0 Å². The molecule has 0 aliphatic carbocycles. The Morgan fingerprint density at radius 1 is 1.60 bits per heavy atom. The van der Waals surface area contributed by atoms with Gasteiger partial charge in [-0.3, -0.25) is 9.78 Å². The predicted octanol–water partition coefficient (Wildman–Crippen LogP) is 0.563. The summed E-state index contributed by atoms with van der Waals surface area (Å²) in [6.07, 6.45) is 4.25. The van der Waals surface area contributed by atoms with Gasteiger partial charge in [-0.15, -0.1) is 0 Å². The van der Waals surface area contributed by atoms with Crippen molar-refractivity contribution in [3.8, 4) is 0 Å². The molecule has 0 radical (unpaired) electrons. The Hall–Kier alpha value is -1.42. The maximum Gasteiger partial charge on any atom is 0.255 e. The van der Waals surface area contributed by atoms with Crippen LogP contribution in [0.4, 0.5) is 0 Å². The number of carbonyl (C=O) groups is 1. The highest BCUT2D eigenvalue weighted by Gasteiger charge is 2.24. The Bertz CT molecular complexity index is 378. The van der Waals surface area contributed by atoms with E-state index in [9.17, 15) is 4.79 Å². The molecule has 1 fully saturated rings. The predicted molar refractivity (Wildman–Crippen MR) is 57.5 cm³/mol. The van der Waals surface area contributed by atoms with Crippen LogP contribution in [0.15, 0.2) is 18.5 Å². The maximum atomic E-state index is 12.0. The van der Waals surface area contributed by atoms with Crippen LogP contribution in [0.25, 0.3) is 0 Å². The van der Waals surface area contributed by atoms with Crippen LogP contribution in [-0.2, 0) is 0 Å². The third kappa shape index (κ3) is 2.15. The van der Waals surface area contributed by atoms with Gasteiger partial charge in [0.2, 0.25) is 0 Å². The number of amides is 1. The Labute approximate surface area is 89.1 Å². The largest absolute Gasteiger partial charge is 0.337 e. The minimum atomic E-state index is 0.0409. The number of nitrogens with zero attached hydrogens (tertiary/aromatic N) is 2. The molecule has 80 valence electrons. The molecule has 2 rings (SSSR count). The zero-order valence-electron chi connectivity index (χ0n) is 8.81. The molecule has 1 aliphatic heterocycles. The molecule has 0 aromatic carbocycles. The summed E-state index contributed by atoms with van der Waals surface area (Å²) in [5.41, 5.74) is 7.42. The summed E-state index contributed by atoms with van der Waals surface area (Å²) < 4.78 is 0. The first kappa shape index (κ1) is 10.1. The van der Waals surface area contributed by atoms with Gasteiger partial charge in [-0.05, 0) is 25.0 Å². The molecule has 1 amide bonds. The lowest BCUT2D eigenvalue weighted by Gasteiger charge is -2.15. The summed E-state index contributed by atoms with van der Waals surface area (Å²) in [5, 5.41) is 0. The maximum absolute atomic E-state index is 12.0. The van der Waals surface area contributed by atoms with Gasteiger partial charge in [-0.2, -0.15) is 0 Å². The van der Waals surface area contributed by atoms with Crippen LogP contribution >= 0.6 is 0 Å². The van der Waals surface area contributed by atoms with Crippen molar-refractivity contribution in [1.29, 1.82) is 0 Å². The standard InChI is InChI=1S/C11H15N3O/c1-8-4-9(6-13-5-8)11(15)14-3-2-10(12)7-14/h4-6,10H,2-3,7,12H2,1H3. The van der Waals surface area contributed by atoms with E-state index < -0.39 is 0 Å². The number of carbonyl (C=O) groups excluding carboxylic acids is 1. The molecule has 1 atom stereocenters. The number of pyridine rings is 1. The second-order valence-electron chi connectivity index (χ2n) is 4.05. The number of rotatable bonds is 1. The first-order valence-corrected chi connectivity index (χ1v) is 5.13. The van der Waals surface area contributed by atoms with E-state index in [1.54, 1.807) is 17.3 Å². The monoisotopic (exact) mass is 205 g/mol. The summed E-state index contributed by atoms with van der Waals surface area (Å²) in [4.78, 5) is 17.8. The van der Waals surface area contributed by atoms with E-state index in [0.717, 1.165) is 18.5 Å². The fraction of sp³-hybridized carbons (Fsp3) is 0.455. The number of likely N-dealkylation sites (tertiary alicyclic amines) is 1. The minimum absolute atomic E-state index is 0.0409. The number of aryl methyl sites for hydroxylation is 1. The first-order chi connectivity index (χ1) is 7.16. The molecule has 2 heterocycles. The fourth-order valence-electron chi connectivity index (χ4n) is 1.83. The molecule has 15 heavy (non-hydrogen) atoms. The summed E-state index contributed by atoms with van der Waals surface area (Å²) in [6.45, 7) is 3.35. The number of aromatic nitrogens is 1. The SMILES string of the molecule is Cc1cncc(C(=O)N2CCC(N)C2)c1. The Balaban J connectivity index is 2.14. The Morgan fingerprint density at radius 2 is 2.40 bits per heavy atom. The van der Waals surface area contributed by atoms with Crippen molar-refractivity contribution in [2.45, 2.75) is 19.4 Å². The molecule has 2 N–H and O–H groups in total. The molecular formula is C11H15N3O. The molecule has 4 nitrogen and oxygen atoms in total. The van der Waals surface area contributed by atoms with Crippen molar-refractivity contribution in [2.75, 3.05) is 13.1 Å². The third-order valence-electron chi connectivity index (χ3n) is 2.63. The van der Waals surface area contributed by atoms with Crippen molar-refractivity contribution in [3.05, 3.63) is 29.6 Å². The molecule has 0 saturated carbocycles. The molecule has 4 heteroatoms.